The van der Waals surface area contributed by atoms with Gasteiger partial charge in [0.15, 0.2) is 12.2 Å². The third kappa shape index (κ3) is 70.9. The third-order valence-corrected chi connectivity index (χ3v) is 20.3. The average molecular weight is 1420 g/mol. The summed E-state index contributed by atoms with van der Waals surface area (Å²) >= 11 is 0. The lowest BCUT2D eigenvalue weighted by molar-refractivity contribution is -0.161. The highest BCUT2D eigenvalue weighted by Gasteiger charge is 2.30. The lowest BCUT2D eigenvalue weighted by atomic mass is 9.99. The Balaban J connectivity index is 5.26. The molecule has 0 aromatic carbocycles. The average Bonchev–Trinajstić information content (AvgIpc) is 1.53. The fraction of sp³-hybridized carbons (Fsp3) is 0.949. The quantitative estimate of drug-likeness (QED) is 0.0222. The van der Waals surface area contributed by atoms with Crippen molar-refractivity contribution in [3.05, 3.63) is 0 Å². The number of phosphoric ester groups is 2. The molecule has 0 fully saturated rings. The zero-order chi connectivity index (χ0) is 71.7. The Hall–Kier alpha value is -1.94. The van der Waals surface area contributed by atoms with Crippen LogP contribution in [0.1, 0.15) is 396 Å². The highest BCUT2D eigenvalue weighted by molar-refractivity contribution is 7.47. The number of aliphatic hydroxyl groups excluding tert-OH is 1. The highest BCUT2D eigenvalue weighted by Crippen LogP contribution is 2.45. The fourth-order valence-corrected chi connectivity index (χ4v) is 13.5. The van der Waals surface area contributed by atoms with Gasteiger partial charge in [0.05, 0.1) is 26.4 Å². The molecule has 4 unspecified atom stereocenters. The van der Waals surface area contributed by atoms with E-state index in [0.717, 1.165) is 114 Å². The van der Waals surface area contributed by atoms with Crippen LogP contribution in [0.3, 0.4) is 0 Å². The van der Waals surface area contributed by atoms with Crippen molar-refractivity contribution in [3.63, 3.8) is 0 Å². The summed E-state index contributed by atoms with van der Waals surface area (Å²) < 4.78 is 68.6. The molecule has 0 saturated heterocycles. The number of ether oxygens (including phenoxy) is 4. The first kappa shape index (κ1) is 95.1. The molecule has 0 aliphatic rings. The van der Waals surface area contributed by atoms with Crippen LogP contribution in [-0.4, -0.2) is 96.7 Å². The third-order valence-electron chi connectivity index (χ3n) is 18.4. The van der Waals surface area contributed by atoms with E-state index in [4.69, 9.17) is 37.0 Å². The normalized spacial score (nSPS) is 14.4. The number of hydrogen-bond donors (Lipinski definition) is 3. The van der Waals surface area contributed by atoms with Crippen molar-refractivity contribution < 1.29 is 80.2 Å². The first-order valence-electron chi connectivity index (χ1n) is 40.2. The molecule has 576 valence electrons. The Bertz CT molecular complexity index is 1900. The van der Waals surface area contributed by atoms with E-state index < -0.39 is 97.5 Å². The van der Waals surface area contributed by atoms with Gasteiger partial charge in [0, 0.05) is 25.7 Å². The zero-order valence-electron chi connectivity index (χ0n) is 63.7. The number of aliphatic hydroxyl groups is 1. The van der Waals surface area contributed by atoms with Gasteiger partial charge in [0.25, 0.3) is 0 Å². The first-order chi connectivity index (χ1) is 46.6. The Morgan fingerprint density at radius 1 is 0.289 bits per heavy atom. The van der Waals surface area contributed by atoms with Gasteiger partial charge < -0.3 is 33.8 Å². The number of esters is 4. The Morgan fingerprint density at radius 2 is 0.495 bits per heavy atom. The highest BCUT2D eigenvalue weighted by atomic mass is 31.2. The second-order valence-corrected chi connectivity index (χ2v) is 32.7. The second kappa shape index (κ2) is 67.2. The molecule has 0 aromatic heterocycles. The molecule has 19 heteroatoms. The molecule has 0 spiro atoms. The van der Waals surface area contributed by atoms with E-state index in [-0.39, 0.29) is 25.7 Å². The minimum Gasteiger partial charge on any atom is -0.462 e. The molecular weight excluding hydrogens is 1270 g/mol. The van der Waals surface area contributed by atoms with Crippen molar-refractivity contribution in [3.8, 4) is 0 Å². The van der Waals surface area contributed by atoms with Crippen molar-refractivity contribution in [2.24, 2.45) is 23.7 Å². The van der Waals surface area contributed by atoms with Crippen LogP contribution in [0.4, 0.5) is 0 Å². The van der Waals surface area contributed by atoms with E-state index in [1.807, 2.05) is 0 Å². The summed E-state index contributed by atoms with van der Waals surface area (Å²) in [7, 11) is -9.92. The van der Waals surface area contributed by atoms with E-state index >= 15 is 0 Å². The summed E-state index contributed by atoms with van der Waals surface area (Å²) in [6.07, 6.45) is 52.7. The molecule has 0 amide bonds. The number of hydrogen-bond acceptors (Lipinski definition) is 15. The molecule has 0 saturated carbocycles. The smallest absolute Gasteiger partial charge is 0.462 e. The van der Waals surface area contributed by atoms with E-state index in [2.05, 4.69) is 55.4 Å². The summed E-state index contributed by atoms with van der Waals surface area (Å²) in [6, 6.07) is 0. The van der Waals surface area contributed by atoms with Gasteiger partial charge in [-0.3, -0.25) is 37.3 Å². The summed E-state index contributed by atoms with van der Waals surface area (Å²) in [4.78, 5) is 72.9. The van der Waals surface area contributed by atoms with Crippen LogP contribution >= 0.6 is 15.6 Å². The maximum absolute atomic E-state index is 13.1. The van der Waals surface area contributed by atoms with Crippen molar-refractivity contribution >= 4 is 39.5 Å². The molecule has 0 aromatic rings. The van der Waals surface area contributed by atoms with Crippen LogP contribution in [0.5, 0.6) is 0 Å². The van der Waals surface area contributed by atoms with Crippen LogP contribution in [0.15, 0.2) is 0 Å². The van der Waals surface area contributed by atoms with Crippen molar-refractivity contribution in [1.82, 2.24) is 0 Å². The molecule has 0 rings (SSSR count). The molecule has 0 bridgehead atoms. The summed E-state index contributed by atoms with van der Waals surface area (Å²) in [5, 5.41) is 10.6. The van der Waals surface area contributed by atoms with Gasteiger partial charge in [-0.25, -0.2) is 9.13 Å². The van der Waals surface area contributed by atoms with Crippen LogP contribution in [0.2, 0.25) is 0 Å². The number of phosphoric acid groups is 2. The Morgan fingerprint density at radius 3 is 0.732 bits per heavy atom. The van der Waals surface area contributed by atoms with Crippen LogP contribution in [-0.2, 0) is 65.4 Å². The summed E-state index contributed by atoms with van der Waals surface area (Å²) in [5.41, 5.74) is 0. The topological polar surface area (TPSA) is 237 Å². The van der Waals surface area contributed by atoms with Crippen molar-refractivity contribution in [1.29, 1.82) is 0 Å². The maximum atomic E-state index is 13.1. The van der Waals surface area contributed by atoms with Gasteiger partial charge in [-0.2, -0.15) is 0 Å². The lowest BCUT2D eigenvalue weighted by Crippen LogP contribution is -2.30. The van der Waals surface area contributed by atoms with Crippen LogP contribution in [0, 0.1) is 23.7 Å². The number of carbonyl (C=O) groups is 4. The molecule has 17 nitrogen and oxygen atoms in total. The zero-order valence-corrected chi connectivity index (χ0v) is 65.5. The molecular formula is C78H152O17P2. The largest absolute Gasteiger partial charge is 0.472 e. The molecule has 0 radical (unpaired) electrons. The van der Waals surface area contributed by atoms with Gasteiger partial charge in [-0.1, -0.05) is 344 Å². The second-order valence-electron chi connectivity index (χ2n) is 29.8. The van der Waals surface area contributed by atoms with E-state index in [1.54, 1.807) is 0 Å². The minimum absolute atomic E-state index is 0.105. The van der Waals surface area contributed by atoms with E-state index in [1.165, 1.54) is 193 Å². The number of carbonyl (C=O) groups excluding carboxylic acids is 4. The van der Waals surface area contributed by atoms with Crippen LogP contribution in [0.25, 0.3) is 0 Å². The van der Waals surface area contributed by atoms with E-state index in [0.29, 0.717) is 31.6 Å². The molecule has 0 aliphatic carbocycles. The first-order valence-corrected chi connectivity index (χ1v) is 43.2. The molecule has 97 heavy (non-hydrogen) atoms. The van der Waals surface area contributed by atoms with Gasteiger partial charge >= 0.3 is 39.5 Å². The molecule has 0 heterocycles. The molecule has 6 atom stereocenters. The van der Waals surface area contributed by atoms with Gasteiger partial charge in [-0.05, 0) is 49.4 Å². The summed E-state index contributed by atoms with van der Waals surface area (Å²) in [6.45, 7) is 14.2. The van der Waals surface area contributed by atoms with Gasteiger partial charge in [0.2, 0.25) is 0 Å². The number of unbranched alkanes of at least 4 members (excludes halogenated alkanes) is 40. The predicted molar refractivity (Wildman–Crippen MR) is 395 cm³/mol. The fourth-order valence-electron chi connectivity index (χ4n) is 11.9. The standard InChI is InChI=1S/C78H152O17P2/c1-9-71(8)57-49-41-33-25-19-12-10-11-13-21-27-35-44-52-60-77(82)94-73(64-88-75(80)58-50-42-34-26-20-15-14-17-23-30-38-46-54-68(2)3)66-92-96(84,85)90-62-72(79)63-91-97(86,87)93-67-74(65-89-76(81)59-51-43-37-29-32-40-48-56-70(6)7)95-78(83)61-53-45-36-28-22-16-18-24-31-39-47-55-69(4)5/h68-74,79H,9-67H2,1-8H3,(H,84,85)(H,86,87)/t71?,72?,73-,74-/m1/s1. The van der Waals surface area contributed by atoms with Gasteiger partial charge in [0.1, 0.15) is 19.3 Å². The van der Waals surface area contributed by atoms with Crippen molar-refractivity contribution in [2.45, 2.75) is 414 Å². The van der Waals surface area contributed by atoms with Gasteiger partial charge in [-0.15, -0.1) is 0 Å². The molecule has 0 aliphatic heterocycles. The Kier molecular flexibility index (Phi) is 65.9. The minimum atomic E-state index is -4.96. The maximum Gasteiger partial charge on any atom is 0.472 e. The van der Waals surface area contributed by atoms with E-state index in [9.17, 15) is 43.2 Å². The lowest BCUT2D eigenvalue weighted by Gasteiger charge is -2.21. The SMILES string of the molecule is CCC(C)CCCCCCCCCCCCCCCCC(=O)O[C@H](COC(=O)CCCCCCCCCCCCCCC(C)C)COP(=O)(O)OCC(O)COP(=O)(O)OC[C@@H](COC(=O)CCCCCCCCCC(C)C)OC(=O)CCCCCCCCCCCCCC(C)C. The Labute approximate surface area is 594 Å². The van der Waals surface area contributed by atoms with Crippen molar-refractivity contribution in [2.75, 3.05) is 39.6 Å². The predicted octanol–water partition coefficient (Wildman–Crippen LogP) is 22.8. The number of rotatable bonds is 75. The summed E-state index contributed by atoms with van der Waals surface area (Å²) in [5.74, 6) is 0.980. The van der Waals surface area contributed by atoms with Crippen LogP contribution < -0.4 is 0 Å². The monoisotopic (exact) mass is 1420 g/mol. The molecule has 3 N–H and O–H groups in total.